The largest absolute Gasteiger partial charge is 0.491 e. The molecule has 0 aliphatic rings. The Labute approximate surface area is 174 Å². The van der Waals surface area contributed by atoms with E-state index in [0.29, 0.717) is 17.7 Å². The number of nitrogens with one attached hydrogen (secondary N) is 1. The van der Waals surface area contributed by atoms with Crippen molar-refractivity contribution in [2.24, 2.45) is 11.7 Å². The van der Waals surface area contributed by atoms with Gasteiger partial charge in [0.2, 0.25) is 5.76 Å². The number of hydrogen-bond acceptors (Lipinski definition) is 7. The van der Waals surface area contributed by atoms with Gasteiger partial charge in [0, 0.05) is 18.4 Å². The van der Waals surface area contributed by atoms with Crippen LogP contribution in [0.15, 0.2) is 40.8 Å². The second kappa shape index (κ2) is 9.92. The molecule has 0 saturated carbocycles. The van der Waals surface area contributed by atoms with Crippen molar-refractivity contribution in [1.82, 2.24) is 0 Å². The van der Waals surface area contributed by atoms with Crippen LogP contribution in [-0.4, -0.2) is 29.9 Å². The van der Waals surface area contributed by atoms with E-state index in [2.05, 4.69) is 4.74 Å². The lowest BCUT2D eigenvalue weighted by Crippen LogP contribution is -2.28. The summed E-state index contributed by atoms with van der Waals surface area (Å²) in [5, 5.41) is 7.32. The second-order valence-electron chi connectivity index (χ2n) is 6.70. The number of ether oxygens (including phenoxy) is 2. The van der Waals surface area contributed by atoms with Gasteiger partial charge in [0.1, 0.15) is 17.3 Å². The molecule has 2 rings (SSSR count). The number of furan rings is 1. The Kier molecular flexibility index (Phi) is 7.56. The van der Waals surface area contributed by atoms with Gasteiger partial charge in [-0.25, -0.2) is 9.59 Å². The van der Waals surface area contributed by atoms with E-state index in [1.165, 1.54) is 36.4 Å². The van der Waals surface area contributed by atoms with E-state index in [-0.39, 0.29) is 36.1 Å². The SMILES string of the molecule is CC(CCC(=O)OC(=O)C(F)(F)F)Cc1ccc(C(=O)Oc2ccc(C(=N)N)cc2)o1. The van der Waals surface area contributed by atoms with Crippen molar-refractivity contribution >= 4 is 23.7 Å². The number of carbonyl (C=O) groups is 3. The Hall–Kier alpha value is -3.63. The highest BCUT2D eigenvalue weighted by Crippen LogP contribution is 2.20. The van der Waals surface area contributed by atoms with Gasteiger partial charge in [-0.05, 0) is 48.7 Å². The molecule has 0 spiro atoms. The third-order valence-electron chi connectivity index (χ3n) is 4.07. The lowest BCUT2D eigenvalue weighted by Gasteiger charge is -2.09. The van der Waals surface area contributed by atoms with Crippen molar-refractivity contribution in [3.05, 3.63) is 53.5 Å². The van der Waals surface area contributed by atoms with Gasteiger partial charge in [0.25, 0.3) is 0 Å². The maximum Gasteiger partial charge on any atom is 0.491 e. The standard InChI is InChI=1S/C20H19F3N2O6/c1-11(2-9-16(26)31-19(28)20(21,22)23)10-14-7-8-15(29-14)18(27)30-13-5-3-12(4-6-13)17(24)25/h3-8,11H,2,9-10H2,1H3,(H3,24,25). The molecule has 0 aliphatic carbocycles. The number of rotatable bonds is 8. The zero-order valence-corrected chi connectivity index (χ0v) is 16.3. The van der Waals surface area contributed by atoms with Gasteiger partial charge in [0.05, 0.1) is 0 Å². The van der Waals surface area contributed by atoms with Crippen LogP contribution in [0.25, 0.3) is 0 Å². The molecule has 2 aromatic rings. The number of esters is 3. The Bertz CT molecular complexity index is 966. The Balaban J connectivity index is 1.83. The van der Waals surface area contributed by atoms with Crippen LogP contribution in [0, 0.1) is 11.3 Å². The molecular formula is C20H19F3N2O6. The van der Waals surface area contributed by atoms with Crippen LogP contribution in [0.3, 0.4) is 0 Å². The second-order valence-corrected chi connectivity index (χ2v) is 6.70. The predicted molar refractivity (Wildman–Crippen MR) is 100 cm³/mol. The molecule has 166 valence electrons. The molecule has 1 heterocycles. The summed E-state index contributed by atoms with van der Waals surface area (Å²) in [7, 11) is 0. The lowest BCUT2D eigenvalue weighted by molar-refractivity contribution is -0.201. The normalized spacial score (nSPS) is 12.1. The number of alkyl halides is 3. The Morgan fingerprint density at radius 1 is 1.13 bits per heavy atom. The fourth-order valence-electron chi connectivity index (χ4n) is 2.48. The molecule has 0 saturated heterocycles. The first-order valence-electron chi connectivity index (χ1n) is 9.03. The van der Waals surface area contributed by atoms with Crippen molar-refractivity contribution in [2.75, 3.05) is 0 Å². The van der Waals surface area contributed by atoms with Gasteiger partial charge in [-0.3, -0.25) is 10.2 Å². The van der Waals surface area contributed by atoms with E-state index < -0.39 is 24.1 Å². The fraction of sp³-hybridized carbons (Fsp3) is 0.300. The molecule has 11 heteroatoms. The number of halogens is 3. The first-order valence-corrected chi connectivity index (χ1v) is 9.03. The van der Waals surface area contributed by atoms with Gasteiger partial charge < -0.3 is 19.6 Å². The molecule has 31 heavy (non-hydrogen) atoms. The van der Waals surface area contributed by atoms with Crippen LogP contribution in [-0.2, 0) is 20.7 Å². The Morgan fingerprint density at radius 2 is 1.77 bits per heavy atom. The molecule has 0 amide bonds. The van der Waals surface area contributed by atoms with Crippen LogP contribution in [0.1, 0.15) is 41.6 Å². The maximum absolute atomic E-state index is 12.2. The molecule has 0 radical (unpaired) electrons. The molecule has 0 aliphatic heterocycles. The number of benzene rings is 1. The fourth-order valence-corrected chi connectivity index (χ4v) is 2.48. The van der Waals surface area contributed by atoms with Gasteiger partial charge in [-0.1, -0.05) is 6.92 Å². The van der Waals surface area contributed by atoms with Crippen molar-refractivity contribution in [3.8, 4) is 5.75 Å². The third-order valence-corrected chi connectivity index (χ3v) is 4.07. The molecule has 0 bridgehead atoms. The average Bonchev–Trinajstić information content (AvgIpc) is 3.14. The van der Waals surface area contributed by atoms with Crippen LogP contribution in [0.5, 0.6) is 5.75 Å². The van der Waals surface area contributed by atoms with E-state index in [4.69, 9.17) is 20.3 Å². The third kappa shape index (κ3) is 7.28. The number of nitrogens with two attached hydrogens (primary N) is 1. The molecule has 1 unspecified atom stereocenters. The van der Waals surface area contributed by atoms with Crippen molar-refractivity contribution < 1.29 is 41.4 Å². The van der Waals surface area contributed by atoms with Crippen LogP contribution in [0.2, 0.25) is 0 Å². The smallest absolute Gasteiger partial charge is 0.454 e. The van der Waals surface area contributed by atoms with Crippen LogP contribution < -0.4 is 10.5 Å². The summed E-state index contributed by atoms with van der Waals surface area (Å²) in [4.78, 5) is 34.1. The monoisotopic (exact) mass is 440 g/mol. The number of nitrogen functional groups attached to an aromatic ring is 1. The average molecular weight is 440 g/mol. The first kappa shape index (κ1) is 23.6. The van der Waals surface area contributed by atoms with Crippen molar-refractivity contribution in [3.63, 3.8) is 0 Å². The minimum absolute atomic E-state index is 0.0620. The summed E-state index contributed by atoms with van der Waals surface area (Å²) in [6.07, 6.45) is -5.17. The number of carbonyl (C=O) groups excluding carboxylic acids is 3. The van der Waals surface area contributed by atoms with Crippen LogP contribution >= 0.6 is 0 Å². The van der Waals surface area contributed by atoms with E-state index in [1.807, 2.05) is 0 Å². The predicted octanol–water partition coefficient (Wildman–Crippen LogP) is 3.37. The summed E-state index contributed by atoms with van der Waals surface area (Å²) in [5.41, 5.74) is 5.82. The summed E-state index contributed by atoms with van der Waals surface area (Å²) < 4.78 is 50.5. The molecule has 1 aromatic carbocycles. The van der Waals surface area contributed by atoms with Gasteiger partial charge in [-0.2, -0.15) is 13.2 Å². The highest BCUT2D eigenvalue weighted by Gasteiger charge is 2.42. The maximum atomic E-state index is 12.2. The highest BCUT2D eigenvalue weighted by molar-refractivity contribution is 5.95. The van der Waals surface area contributed by atoms with E-state index in [1.54, 1.807) is 6.92 Å². The topological polar surface area (TPSA) is 133 Å². The Morgan fingerprint density at radius 3 is 2.35 bits per heavy atom. The molecule has 1 atom stereocenters. The summed E-state index contributed by atoms with van der Waals surface area (Å²) >= 11 is 0. The molecule has 0 fully saturated rings. The molecule has 8 nitrogen and oxygen atoms in total. The summed E-state index contributed by atoms with van der Waals surface area (Å²) in [6, 6.07) is 8.94. The van der Waals surface area contributed by atoms with Gasteiger partial charge in [-0.15, -0.1) is 0 Å². The zero-order chi connectivity index (χ0) is 23.2. The molecule has 3 N–H and O–H groups in total. The number of hydrogen-bond donors (Lipinski definition) is 2. The summed E-state index contributed by atoms with van der Waals surface area (Å²) in [5.74, 6) is -4.31. The molecule has 1 aromatic heterocycles. The van der Waals surface area contributed by atoms with E-state index >= 15 is 0 Å². The lowest BCUT2D eigenvalue weighted by atomic mass is 10.0. The van der Waals surface area contributed by atoms with Gasteiger partial charge >= 0.3 is 24.1 Å². The van der Waals surface area contributed by atoms with Crippen molar-refractivity contribution in [1.29, 1.82) is 5.41 Å². The first-order chi connectivity index (χ1) is 14.5. The molecular weight excluding hydrogens is 421 g/mol. The van der Waals surface area contributed by atoms with Gasteiger partial charge in [0.15, 0.2) is 0 Å². The minimum Gasteiger partial charge on any atom is -0.454 e. The summed E-state index contributed by atoms with van der Waals surface area (Å²) in [6.45, 7) is 1.72. The van der Waals surface area contributed by atoms with E-state index in [9.17, 15) is 27.6 Å². The zero-order valence-electron chi connectivity index (χ0n) is 16.3. The quantitative estimate of drug-likeness (QED) is 0.211. The van der Waals surface area contributed by atoms with Crippen molar-refractivity contribution in [2.45, 2.75) is 32.4 Å². The van der Waals surface area contributed by atoms with E-state index in [0.717, 1.165) is 0 Å². The minimum atomic E-state index is -5.23. The highest BCUT2D eigenvalue weighted by atomic mass is 19.4. The number of amidine groups is 1. The van der Waals surface area contributed by atoms with Crippen LogP contribution in [0.4, 0.5) is 13.2 Å².